The third kappa shape index (κ3) is 3.78. The molecule has 0 radical (unpaired) electrons. The summed E-state index contributed by atoms with van der Waals surface area (Å²) < 4.78 is 5.06. The molecule has 0 fully saturated rings. The Balaban J connectivity index is 2.63. The topological polar surface area (TPSA) is 35.0 Å². The highest BCUT2D eigenvalue weighted by Crippen LogP contribution is 2.20. The lowest BCUT2D eigenvalue weighted by Crippen LogP contribution is -2.14. The van der Waals surface area contributed by atoms with Crippen molar-refractivity contribution in [2.45, 2.75) is 31.5 Å². The van der Waals surface area contributed by atoms with Crippen LogP contribution in [0.4, 0.5) is 0 Å². The molecule has 0 spiro atoms. The maximum absolute atomic E-state index is 5.06. The highest BCUT2D eigenvalue weighted by atomic mass is 79.9. The number of aromatic nitrogens is 2. The molecule has 0 aromatic carbocycles. The average molecular weight is 273 g/mol. The zero-order valence-electron chi connectivity index (χ0n) is 9.40. The molecule has 3 nitrogen and oxygen atoms in total. The van der Waals surface area contributed by atoms with Crippen molar-refractivity contribution in [1.29, 1.82) is 0 Å². The van der Waals surface area contributed by atoms with Crippen molar-refractivity contribution in [2.24, 2.45) is 5.92 Å². The Morgan fingerprint density at radius 2 is 2.20 bits per heavy atom. The molecule has 0 bridgehead atoms. The van der Waals surface area contributed by atoms with Gasteiger partial charge in [-0.2, -0.15) is 0 Å². The number of rotatable bonds is 5. The Morgan fingerprint density at radius 3 is 2.80 bits per heavy atom. The Hall–Kier alpha value is -0.640. The van der Waals surface area contributed by atoms with Gasteiger partial charge in [-0.15, -0.1) is 0 Å². The fraction of sp³-hybridized carbons (Fsp3) is 0.636. The largest absolute Gasteiger partial charge is 0.481 e. The van der Waals surface area contributed by atoms with Gasteiger partial charge in [-0.1, -0.05) is 36.2 Å². The second-order valence-electron chi connectivity index (χ2n) is 3.66. The molecule has 1 heterocycles. The predicted octanol–water partition coefficient (Wildman–Crippen LogP) is 2.84. The van der Waals surface area contributed by atoms with Crippen LogP contribution in [0.1, 0.15) is 26.0 Å². The van der Waals surface area contributed by atoms with Gasteiger partial charge in [0, 0.05) is 23.0 Å². The van der Waals surface area contributed by atoms with Crippen LogP contribution in [-0.4, -0.2) is 21.9 Å². The zero-order chi connectivity index (χ0) is 11.3. The predicted molar refractivity (Wildman–Crippen MR) is 64.5 cm³/mol. The van der Waals surface area contributed by atoms with Crippen molar-refractivity contribution in [2.75, 3.05) is 7.11 Å². The van der Waals surface area contributed by atoms with Crippen LogP contribution >= 0.6 is 15.9 Å². The molecule has 1 rings (SSSR count). The minimum absolute atomic E-state index is 0.460. The van der Waals surface area contributed by atoms with Crippen LogP contribution in [0.5, 0.6) is 5.88 Å². The maximum atomic E-state index is 5.06. The molecule has 1 aromatic rings. The summed E-state index contributed by atoms with van der Waals surface area (Å²) in [6.07, 6.45) is 3.62. The van der Waals surface area contributed by atoms with Gasteiger partial charge in [-0.05, 0) is 5.92 Å². The Bertz CT molecular complexity index is 306. The van der Waals surface area contributed by atoms with Gasteiger partial charge in [0.1, 0.15) is 6.33 Å². The number of ether oxygens (including phenoxy) is 1. The SMILES string of the molecule is CCC(C)C(Br)Cc1cc(OC)ncn1. The molecule has 2 atom stereocenters. The third-order valence-electron chi connectivity index (χ3n) is 2.57. The standard InChI is InChI=1S/C11H17BrN2O/c1-4-8(2)10(12)5-9-6-11(15-3)14-7-13-9/h6-8,10H,4-5H2,1-3H3. The molecular formula is C11H17BrN2O. The summed E-state index contributed by atoms with van der Waals surface area (Å²) in [6.45, 7) is 4.43. The van der Waals surface area contributed by atoms with E-state index in [-0.39, 0.29) is 0 Å². The number of alkyl halides is 1. The minimum Gasteiger partial charge on any atom is -0.481 e. The van der Waals surface area contributed by atoms with Gasteiger partial charge >= 0.3 is 0 Å². The van der Waals surface area contributed by atoms with Crippen LogP contribution < -0.4 is 4.74 Å². The summed E-state index contributed by atoms with van der Waals surface area (Å²) in [5.74, 6) is 1.27. The van der Waals surface area contributed by atoms with Gasteiger partial charge in [0.2, 0.25) is 5.88 Å². The van der Waals surface area contributed by atoms with E-state index in [4.69, 9.17) is 4.74 Å². The first-order valence-electron chi connectivity index (χ1n) is 5.16. The van der Waals surface area contributed by atoms with Crippen molar-refractivity contribution in [3.05, 3.63) is 18.1 Å². The van der Waals surface area contributed by atoms with Crippen LogP contribution in [0, 0.1) is 5.92 Å². The number of halogens is 1. The average Bonchev–Trinajstić information content (AvgIpc) is 2.28. The summed E-state index contributed by atoms with van der Waals surface area (Å²) in [5.41, 5.74) is 1.02. The lowest BCUT2D eigenvalue weighted by molar-refractivity contribution is 0.395. The van der Waals surface area contributed by atoms with Gasteiger partial charge in [0.25, 0.3) is 0 Å². The van der Waals surface area contributed by atoms with E-state index in [2.05, 4.69) is 39.7 Å². The number of methoxy groups -OCH3 is 1. The molecule has 15 heavy (non-hydrogen) atoms. The molecule has 0 aliphatic rings. The third-order valence-corrected chi connectivity index (χ3v) is 3.80. The first-order valence-corrected chi connectivity index (χ1v) is 6.08. The van der Waals surface area contributed by atoms with E-state index in [9.17, 15) is 0 Å². The van der Waals surface area contributed by atoms with E-state index in [0.717, 1.165) is 18.5 Å². The van der Waals surface area contributed by atoms with Crippen molar-refractivity contribution in [3.8, 4) is 5.88 Å². The van der Waals surface area contributed by atoms with Crippen LogP contribution in [0.3, 0.4) is 0 Å². The molecular weight excluding hydrogens is 256 g/mol. The zero-order valence-corrected chi connectivity index (χ0v) is 11.0. The fourth-order valence-electron chi connectivity index (χ4n) is 1.26. The second-order valence-corrected chi connectivity index (χ2v) is 4.83. The maximum Gasteiger partial charge on any atom is 0.216 e. The smallest absolute Gasteiger partial charge is 0.216 e. The Labute approximate surface area is 99.4 Å². The molecule has 0 aliphatic heterocycles. The normalized spacial score (nSPS) is 14.7. The van der Waals surface area contributed by atoms with E-state index in [1.807, 2.05) is 6.07 Å². The summed E-state index contributed by atoms with van der Waals surface area (Å²) in [6, 6.07) is 1.89. The van der Waals surface area contributed by atoms with Crippen molar-refractivity contribution in [1.82, 2.24) is 9.97 Å². The Morgan fingerprint density at radius 1 is 1.47 bits per heavy atom. The lowest BCUT2D eigenvalue weighted by atomic mass is 10.0. The fourth-order valence-corrected chi connectivity index (χ4v) is 1.96. The molecule has 0 aliphatic carbocycles. The van der Waals surface area contributed by atoms with Crippen molar-refractivity contribution < 1.29 is 4.74 Å². The van der Waals surface area contributed by atoms with Gasteiger partial charge in [-0.25, -0.2) is 9.97 Å². The molecule has 0 N–H and O–H groups in total. The monoisotopic (exact) mass is 272 g/mol. The van der Waals surface area contributed by atoms with Crippen molar-refractivity contribution in [3.63, 3.8) is 0 Å². The molecule has 0 amide bonds. The lowest BCUT2D eigenvalue weighted by Gasteiger charge is -2.15. The van der Waals surface area contributed by atoms with Crippen LogP contribution in [0.25, 0.3) is 0 Å². The van der Waals surface area contributed by atoms with E-state index in [0.29, 0.717) is 16.6 Å². The second kappa shape index (κ2) is 6.05. The quantitative estimate of drug-likeness (QED) is 0.774. The number of hydrogen-bond acceptors (Lipinski definition) is 3. The first kappa shape index (κ1) is 12.4. The number of hydrogen-bond donors (Lipinski definition) is 0. The summed E-state index contributed by atoms with van der Waals surface area (Å²) in [5, 5.41) is 0. The molecule has 84 valence electrons. The van der Waals surface area contributed by atoms with Gasteiger partial charge in [0.15, 0.2) is 0 Å². The molecule has 4 heteroatoms. The highest BCUT2D eigenvalue weighted by molar-refractivity contribution is 9.09. The van der Waals surface area contributed by atoms with E-state index >= 15 is 0 Å². The van der Waals surface area contributed by atoms with Crippen LogP contribution in [0.2, 0.25) is 0 Å². The van der Waals surface area contributed by atoms with Crippen molar-refractivity contribution >= 4 is 15.9 Å². The first-order chi connectivity index (χ1) is 7.17. The summed E-state index contributed by atoms with van der Waals surface area (Å²) in [4.78, 5) is 8.66. The summed E-state index contributed by atoms with van der Waals surface area (Å²) >= 11 is 3.69. The van der Waals surface area contributed by atoms with Gasteiger partial charge in [-0.3, -0.25) is 0 Å². The molecule has 0 saturated heterocycles. The van der Waals surface area contributed by atoms with E-state index < -0.39 is 0 Å². The molecule has 2 unspecified atom stereocenters. The molecule has 0 saturated carbocycles. The van der Waals surface area contributed by atoms with E-state index in [1.165, 1.54) is 0 Å². The summed E-state index contributed by atoms with van der Waals surface area (Å²) in [7, 11) is 1.62. The highest BCUT2D eigenvalue weighted by Gasteiger charge is 2.13. The van der Waals surface area contributed by atoms with Gasteiger partial charge < -0.3 is 4.74 Å². The molecule has 1 aromatic heterocycles. The van der Waals surface area contributed by atoms with Gasteiger partial charge in [0.05, 0.1) is 7.11 Å². The van der Waals surface area contributed by atoms with Crippen LogP contribution in [0.15, 0.2) is 12.4 Å². The van der Waals surface area contributed by atoms with E-state index in [1.54, 1.807) is 13.4 Å². The number of nitrogens with zero attached hydrogens (tertiary/aromatic N) is 2. The Kier molecular flexibility index (Phi) is 5.02. The minimum atomic E-state index is 0.460. The van der Waals surface area contributed by atoms with Crippen LogP contribution in [-0.2, 0) is 6.42 Å².